The maximum Gasteiger partial charge on any atom is 0.328 e. The first kappa shape index (κ1) is 51.3. The van der Waals surface area contributed by atoms with Crippen LogP contribution in [0.2, 0.25) is 0 Å². The fourth-order valence-electron chi connectivity index (χ4n) is 5.65. The first-order chi connectivity index (χ1) is 26.8. The van der Waals surface area contributed by atoms with E-state index in [0.29, 0.717) is 25.7 Å². The zero-order valence-electron chi connectivity index (χ0n) is 34.4. The molecule has 2 amide bonds. The number of carbonyl (C=O) groups excluding carboxylic acids is 3. The Balaban J connectivity index is 4.56. The molecule has 0 aromatic carbocycles. The van der Waals surface area contributed by atoms with Crippen molar-refractivity contribution in [1.82, 2.24) is 10.6 Å². The number of carboxylic acid groups (broad SMARTS) is 1. The molecule has 0 aromatic heterocycles. The van der Waals surface area contributed by atoms with Crippen LogP contribution in [0.15, 0.2) is 72.9 Å². The smallest absolute Gasteiger partial charge is 0.328 e. The lowest BCUT2D eigenvalue weighted by molar-refractivity contribution is -0.147. The summed E-state index contributed by atoms with van der Waals surface area (Å²) in [5.41, 5.74) is 0. The lowest BCUT2D eigenvalue weighted by atomic mass is 10.1. The SMILES string of the molecule is CC/C=C\C/C=C\C/C=C\C/C=C\C/C=C\C(CCCCC(=O)NCC(=O)NC(CO)C(=O)O)OC(=O)CCCCCCC/C=C\CCCCCCCCC. The van der Waals surface area contributed by atoms with Crippen LogP contribution in [0.4, 0.5) is 0 Å². The van der Waals surface area contributed by atoms with Gasteiger partial charge < -0.3 is 25.6 Å². The summed E-state index contributed by atoms with van der Waals surface area (Å²) in [6, 6.07) is -1.42. The number of aliphatic hydroxyl groups is 1. The first-order valence-corrected chi connectivity index (χ1v) is 21.3. The summed E-state index contributed by atoms with van der Waals surface area (Å²) in [6.07, 6.45) is 49.4. The molecule has 0 radical (unpaired) electrons. The Hall–Kier alpha value is -3.72. The van der Waals surface area contributed by atoms with Gasteiger partial charge >= 0.3 is 11.9 Å². The second kappa shape index (κ2) is 40.0. The quantitative estimate of drug-likeness (QED) is 0.0280. The van der Waals surface area contributed by atoms with Crippen LogP contribution in [0.1, 0.15) is 168 Å². The van der Waals surface area contributed by atoms with E-state index < -0.39 is 24.5 Å². The summed E-state index contributed by atoms with van der Waals surface area (Å²) >= 11 is 0. The number of esters is 1. The van der Waals surface area contributed by atoms with E-state index in [9.17, 15) is 19.2 Å². The van der Waals surface area contributed by atoms with E-state index in [1.807, 2.05) is 12.2 Å². The summed E-state index contributed by atoms with van der Waals surface area (Å²) in [7, 11) is 0. The zero-order chi connectivity index (χ0) is 40.5. The molecule has 55 heavy (non-hydrogen) atoms. The van der Waals surface area contributed by atoms with Crippen molar-refractivity contribution in [2.45, 2.75) is 180 Å². The van der Waals surface area contributed by atoms with Crippen molar-refractivity contribution < 1.29 is 34.1 Å². The minimum Gasteiger partial charge on any atom is -0.480 e. The Morgan fingerprint density at radius 3 is 1.64 bits per heavy atom. The van der Waals surface area contributed by atoms with Gasteiger partial charge in [0, 0.05) is 12.8 Å². The number of nitrogens with one attached hydrogen (secondary N) is 2. The van der Waals surface area contributed by atoms with E-state index >= 15 is 0 Å². The topological polar surface area (TPSA) is 142 Å². The molecule has 2 unspecified atom stereocenters. The van der Waals surface area contributed by atoms with Crippen molar-refractivity contribution in [2.75, 3.05) is 13.2 Å². The van der Waals surface area contributed by atoms with Crippen molar-refractivity contribution >= 4 is 23.8 Å². The number of ether oxygens (including phenoxy) is 1. The fourth-order valence-corrected chi connectivity index (χ4v) is 5.65. The van der Waals surface area contributed by atoms with Gasteiger partial charge in [-0.1, -0.05) is 138 Å². The third-order valence-electron chi connectivity index (χ3n) is 8.92. The number of unbranched alkanes of at least 4 members (excludes halogenated alkanes) is 13. The highest BCUT2D eigenvalue weighted by atomic mass is 16.5. The van der Waals surface area contributed by atoms with Crippen LogP contribution < -0.4 is 10.6 Å². The molecule has 9 heteroatoms. The van der Waals surface area contributed by atoms with Crippen LogP contribution in [0.3, 0.4) is 0 Å². The average molecular weight is 769 g/mol. The second-order valence-corrected chi connectivity index (χ2v) is 14.0. The van der Waals surface area contributed by atoms with Crippen LogP contribution in [0.25, 0.3) is 0 Å². The number of carbonyl (C=O) groups is 4. The van der Waals surface area contributed by atoms with Crippen molar-refractivity contribution in [1.29, 1.82) is 0 Å². The molecule has 0 saturated carbocycles. The molecule has 0 aliphatic heterocycles. The average Bonchev–Trinajstić information content (AvgIpc) is 3.17. The largest absolute Gasteiger partial charge is 0.480 e. The number of amides is 2. The van der Waals surface area contributed by atoms with E-state index in [1.165, 1.54) is 64.2 Å². The summed E-state index contributed by atoms with van der Waals surface area (Å²) < 4.78 is 5.84. The van der Waals surface area contributed by atoms with E-state index in [1.54, 1.807) is 0 Å². The molecule has 0 saturated heterocycles. The number of aliphatic hydroxyl groups excluding tert-OH is 1. The standard InChI is InChI=1S/C46H76N2O7/c1-3-5-7-9-11-13-15-17-19-20-22-24-26-28-30-32-38-45(52)55-41(35-31-29-27-25-23-21-18-16-14-12-10-8-6-4-2)36-33-34-37-43(50)47-39-44(51)48-42(40-49)46(53)54/h6,8,12,14,18-21,25,27,31,35,41-42,49H,3-5,7,9-11,13,15-17,22-24,26,28-30,32-34,36-40H2,1-2H3,(H,47,50)(H,48,51)(H,53,54)/b8-6-,14-12-,20-19-,21-18-,27-25-,35-31-. The van der Waals surface area contributed by atoms with Gasteiger partial charge in [-0.2, -0.15) is 0 Å². The first-order valence-electron chi connectivity index (χ1n) is 21.3. The number of hydrogen-bond donors (Lipinski definition) is 4. The molecule has 0 rings (SSSR count). The molecule has 0 aliphatic carbocycles. The van der Waals surface area contributed by atoms with Gasteiger partial charge in [0.05, 0.1) is 13.2 Å². The minimum absolute atomic E-state index is 0.178. The molecule has 9 nitrogen and oxygen atoms in total. The molecule has 0 fully saturated rings. The Labute approximate surface area is 333 Å². The van der Waals surface area contributed by atoms with Gasteiger partial charge in [0.25, 0.3) is 0 Å². The highest BCUT2D eigenvalue weighted by Crippen LogP contribution is 2.14. The molecular formula is C46H76N2O7. The van der Waals surface area contributed by atoms with Crippen LogP contribution in [-0.2, 0) is 23.9 Å². The zero-order valence-corrected chi connectivity index (χ0v) is 34.4. The molecule has 0 bridgehead atoms. The third-order valence-corrected chi connectivity index (χ3v) is 8.92. The van der Waals surface area contributed by atoms with Crippen LogP contribution in [0, 0.1) is 0 Å². The Morgan fingerprint density at radius 2 is 1.09 bits per heavy atom. The van der Waals surface area contributed by atoms with Crippen molar-refractivity contribution in [3.63, 3.8) is 0 Å². The Bertz CT molecular complexity index is 1150. The minimum atomic E-state index is -1.42. The van der Waals surface area contributed by atoms with E-state index in [-0.39, 0.29) is 30.9 Å². The number of aliphatic carboxylic acids is 1. The monoisotopic (exact) mass is 769 g/mol. The second-order valence-electron chi connectivity index (χ2n) is 14.0. The van der Waals surface area contributed by atoms with Crippen molar-refractivity contribution in [3.05, 3.63) is 72.9 Å². The number of carboxylic acids is 1. The number of allylic oxidation sites excluding steroid dienone is 11. The van der Waals surface area contributed by atoms with Crippen molar-refractivity contribution in [3.8, 4) is 0 Å². The molecule has 312 valence electrons. The van der Waals surface area contributed by atoms with Gasteiger partial charge in [0.15, 0.2) is 0 Å². The predicted octanol–water partition coefficient (Wildman–Crippen LogP) is 10.3. The summed E-state index contributed by atoms with van der Waals surface area (Å²) in [5.74, 6) is -2.59. The van der Waals surface area contributed by atoms with Gasteiger partial charge in [0.1, 0.15) is 12.1 Å². The van der Waals surface area contributed by atoms with Gasteiger partial charge in [-0.25, -0.2) is 4.79 Å². The summed E-state index contributed by atoms with van der Waals surface area (Å²) in [4.78, 5) is 47.8. The van der Waals surface area contributed by atoms with Crippen LogP contribution in [0.5, 0.6) is 0 Å². The highest BCUT2D eigenvalue weighted by Gasteiger charge is 2.19. The molecule has 0 heterocycles. The summed E-state index contributed by atoms with van der Waals surface area (Å²) in [5, 5.41) is 22.6. The van der Waals surface area contributed by atoms with Gasteiger partial charge in [-0.05, 0) is 89.5 Å². The number of rotatable bonds is 37. The normalized spacial score (nSPS) is 13.2. The fraction of sp³-hybridized carbons (Fsp3) is 0.652. The van der Waals surface area contributed by atoms with Gasteiger partial charge in [-0.15, -0.1) is 0 Å². The molecule has 0 spiro atoms. The summed E-state index contributed by atoms with van der Waals surface area (Å²) in [6.45, 7) is 3.27. The van der Waals surface area contributed by atoms with Crippen LogP contribution in [-0.4, -0.2) is 59.3 Å². The molecule has 0 aromatic rings. The predicted molar refractivity (Wildman–Crippen MR) is 227 cm³/mol. The highest BCUT2D eigenvalue weighted by molar-refractivity contribution is 5.87. The van der Waals surface area contributed by atoms with E-state index in [0.717, 1.165) is 57.8 Å². The van der Waals surface area contributed by atoms with Gasteiger partial charge in [-0.3, -0.25) is 14.4 Å². The van der Waals surface area contributed by atoms with E-state index in [2.05, 4.69) is 85.2 Å². The lowest BCUT2D eigenvalue weighted by Crippen LogP contribution is -2.47. The molecule has 2 atom stereocenters. The Morgan fingerprint density at radius 1 is 0.582 bits per heavy atom. The van der Waals surface area contributed by atoms with Crippen molar-refractivity contribution in [2.24, 2.45) is 0 Å². The Kier molecular flexibility index (Phi) is 37.3. The third kappa shape index (κ3) is 37.0. The molecular weight excluding hydrogens is 693 g/mol. The lowest BCUT2D eigenvalue weighted by Gasteiger charge is -2.15. The molecule has 0 aliphatic rings. The van der Waals surface area contributed by atoms with Crippen LogP contribution >= 0.6 is 0 Å². The maximum absolute atomic E-state index is 12.7. The maximum atomic E-state index is 12.7. The van der Waals surface area contributed by atoms with E-state index in [4.69, 9.17) is 14.9 Å². The van der Waals surface area contributed by atoms with Gasteiger partial charge in [0.2, 0.25) is 11.8 Å². The number of hydrogen-bond acceptors (Lipinski definition) is 6. The molecule has 4 N–H and O–H groups in total.